The molecule has 3 aromatic carbocycles. The van der Waals surface area contributed by atoms with Crippen molar-refractivity contribution < 1.29 is 28.7 Å². The predicted octanol–water partition coefficient (Wildman–Crippen LogP) is 4.03. The molecule has 0 radical (unpaired) electrons. The highest BCUT2D eigenvalue weighted by Crippen LogP contribution is 2.45. The van der Waals surface area contributed by atoms with E-state index in [0.29, 0.717) is 17.9 Å². The molecule has 40 heavy (non-hydrogen) atoms. The summed E-state index contributed by atoms with van der Waals surface area (Å²) in [6.07, 6.45) is 2.05. The number of halogens is 1. The molecule has 1 saturated heterocycles. The van der Waals surface area contributed by atoms with Gasteiger partial charge < -0.3 is 4.74 Å². The van der Waals surface area contributed by atoms with Crippen molar-refractivity contribution >= 4 is 46.9 Å². The maximum atomic E-state index is 13.4. The van der Waals surface area contributed by atoms with Crippen LogP contribution < -0.4 is 15.8 Å². The fraction of sp³-hybridized carbons (Fsp3) is 0.233. The Balaban J connectivity index is 1.18. The number of carbonyl (C=O) groups is 5. The Bertz CT molecular complexity index is 1460. The van der Waals surface area contributed by atoms with Crippen LogP contribution in [0.1, 0.15) is 51.5 Å². The smallest absolute Gasteiger partial charge is 0.338 e. The molecule has 3 atom stereocenters. The average Bonchev–Trinajstić information content (AvgIpc) is 3.24. The van der Waals surface area contributed by atoms with Crippen molar-refractivity contribution in [3.05, 3.63) is 101 Å². The molecule has 1 saturated carbocycles. The summed E-state index contributed by atoms with van der Waals surface area (Å²) in [5, 5.41) is 0.463. The van der Waals surface area contributed by atoms with Gasteiger partial charge in [-0.05, 0) is 73.2 Å². The lowest BCUT2D eigenvalue weighted by atomic mass is 9.73. The highest BCUT2D eigenvalue weighted by atomic mass is 35.5. The van der Waals surface area contributed by atoms with Crippen LogP contribution in [0.3, 0.4) is 0 Å². The van der Waals surface area contributed by atoms with Gasteiger partial charge in [-0.25, -0.2) is 4.79 Å². The Hall–Kier alpha value is -4.50. The molecular weight excluding hydrogens is 534 g/mol. The Labute approximate surface area is 235 Å². The summed E-state index contributed by atoms with van der Waals surface area (Å²) in [6.45, 7) is -0.656. The van der Waals surface area contributed by atoms with Crippen LogP contribution in [-0.2, 0) is 19.1 Å². The van der Waals surface area contributed by atoms with E-state index in [0.717, 1.165) is 12.0 Å². The SMILES string of the molecule is O=C(COC(=O)c1cccc(N2C(=O)[C@H]3C[C@H](c4ccccc4)CC[C@H]3C2=O)c1)NNC(=O)c1ccc(Cl)cc1. The molecule has 2 aliphatic rings. The van der Waals surface area contributed by atoms with Crippen LogP contribution in [0.2, 0.25) is 5.02 Å². The van der Waals surface area contributed by atoms with Gasteiger partial charge in [0.1, 0.15) is 0 Å². The molecule has 0 aromatic heterocycles. The average molecular weight is 560 g/mol. The molecule has 0 unspecified atom stereocenters. The predicted molar refractivity (Wildman–Crippen MR) is 146 cm³/mol. The minimum atomic E-state index is -0.818. The Morgan fingerprint density at radius 3 is 2.30 bits per heavy atom. The molecule has 1 aliphatic carbocycles. The second-order valence-corrected chi connectivity index (χ2v) is 10.2. The van der Waals surface area contributed by atoms with E-state index in [9.17, 15) is 24.0 Å². The number of carbonyl (C=O) groups excluding carboxylic acids is 5. The topological polar surface area (TPSA) is 122 Å². The monoisotopic (exact) mass is 559 g/mol. The van der Waals surface area contributed by atoms with Crippen LogP contribution >= 0.6 is 11.6 Å². The van der Waals surface area contributed by atoms with Gasteiger partial charge in [-0.1, -0.05) is 48.0 Å². The van der Waals surface area contributed by atoms with Crippen LogP contribution in [0.25, 0.3) is 0 Å². The number of hydrogen-bond donors (Lipinski definition) is 2. The first kappa shape index (κ1) is 27.1. The van der Waals surface area contributed by atoms with E-state index in [2.05, 4.69) is 10.9 Å². The molecular formula is C30H26ClN3O6. The second kappa shape index (κ2) is 11.7. The highest BCUT2D eigenvalue weighted by molar-refractivity contribution is 6.30. The maximum absolute atomic E-state index is 13.4. The molecule has 10 heteroatoms. The number of ether oxygens (including phenoxy) is 1. The fourth-order valence-electron chi connectivity index (χ4n) is 5.28. The van der Waals surface area contributed by atoms with E-state index in [4.69, 9.17) is 16.3 Å². The number of hydrogen-bond acceptors (Lipinski definition) is 6. The number of hydrazine groups is 1. The number of imide groups is 1. The van der Waals surface area contributed by atoms with Crippen LogP contribution in [0.4, 0.5) is 5.69 Å². The van der Waals surface area contributed by atoms with E-state index in [1.165, 1.54) is 41.3 Å². The number of anilines is 1. The first-order valence-electron chi connectivity index (χ1n) is 12.9. The summed E-state index contributed by atoms with van der Waals surface area (Å²) in [4.78, 5) is 64.6. The minimum Gasteiger partial charge on any atom is -0.452 e. The third-order valence-corrected chi connectivity index (χ3v) is 7.54. The number of fused-ring (bicyclic) bond motifs is 1. The number of benzene rings is 3. The van der Waals surface area contributed by atoms with Crippen molar-refractivity contribution in [2.45, 2.75) is 25.2 Å². The van der Waals surface area contributed by atoms with Gasteiger partial charge in [-0.2, -0.15) is 0 Å². The molecule has 1 heterocycles. The van der Waals surface area contributed by atoms with Crippen molar-refractivity contribution in [3.63, 3.8) is 0 Å². The van der Waals surface area contributed by atoms with E-state index < -0.39 is 30.3 Å². The molecule has 0 bridgehead atoms. The Morgan fingerprint density at radius 1 is 0.825 bits per heavy atom. The molecule has 3 aromatic rings. The lowest BCUT2D eigenvalue weighted by Gasteiger charge is -2.28. The lowest BCUT2D eigenvalue weighted by molar-refractivity contribution is -0.125. The van der Waals surface area contributed by atoms with Gasteiger partial charge in [0.2, 0.25) is 11.8 Å². The fourth-order valence-corrected chi connectivity index (χ4v) is 5.41. The zero-order valence-electron chi connectivity index (χ0n) is 21.3. The van der Waals surface area contributed by atoms with Gasteiger partial charge in [-0.15, -0.1) is 0 Å². The Kier molecular flexibility index (Phi) is 7.93. The van der Waals surface area contributed by atoms with Crippen molar-refractivity contribution in [1.29, 1.82) is 0 Å². The molecule has 0 spiro atoms. The molecule has 1 aliphatic heterocycles. The summed E-state index contributed by atoms with van der Waals surface area (Å²) in [5.41, 5.74) is 6.19. The quantitative estimate of drug-likeness (QED) is 0.267. The van der Waals surface area contributed by atoms with Gasteiger partial charge in [0, 0.05) is 10.6 Å². The first-order chi connectivity index (χ1) is 19.3. The van der Waals surface area contributed by atoms with E-state index >= 15 is 0 Å². The van der Waals surface area contributed by atoms with Gasteiger partial charge >= 0.3 is 5.97 Å². The third-order valence-electron chi connectivity index (χ3n) is 7.29. The first-order valence-corrected chi connectivity index (χ1v) is 13.2. The second-order valence-electron chi connectivity index (χ2n) is 9.78. The molecule has 2 fully saturated rings. The van der Waals surface area contributed by atoms with E-state index in [1.807, 2.05) is 30.3 Å². The maximum Gasteiger partial charge on any atom is 0.338 e. The molecule has 5 rings (SSSR count). The summed E-state index contributed by atoms with van der Waals surface area (Å²) >= 11 is 5.80. The number of amides is 4. The van der Waals surface area contributed by atoms with Crippen molar-refractivity contribution in [2.75, 3.05) is 11.5 Å². The molecule has 2 N–H and O–H groups in total. The van der Waals surface area contributed by atoms with Crippen LogP contribution in [-0.4, -0.2) is 36.2 Å². The van der Waals surface area contributed by atoms with Crippen LogP contribution in [0.5, 0.6) is 0 Å². The van der Waals surface area contributed by atoms with Gasteiger partial charge in [-0.3, -0.25) is 34.9 Å². The highest BCUT2D eigenvalue weighted by Gasteiger charge is 2.50. The number of nitrogens with zero attached hydrogens (tertiary/aromatic N) is 1. The normalized spacial score (nSPS) is 20.0. The minimum absolute atomic E-state index is 0.0770. The third kappa shape index (κ3) is 5.74. The lowest BCUT2D eigenvalue weighted by Crippen LogP contribution is -2.43. The number of nitrogens with one attached hydrogen (secondary N) is 2. The van der Waals surface area contributed by atoms with E-state index in [1.54, 1.807) is 12.1 Å². The molecule has 4 amide bonds. The number of esters is 1. The van der Waals surface area contributed by atoms with Gasteiger partial charge in [0.15, 0.2) is 6.61 Å². The zero-order valence-corrected chi connectivity index (χ0v) is 22.1. The molecule has 204 valence electrons. The Morgan fingerprint density at radius 2 is 1.55 bits per heavy atom. The van der Waals surface area contributed by atoms with Gasteiger partial charge in [0.05, 0.1) is 23.1 Å². The summed E-state index contributed by atoms with van der Waals surface area (Å²) in [7, 11) is 0. The zero-order chi connectivity index (χ0) is 28.2. The van der Waals surface area contributed by atoms with Crippen LogP contribution in [0, 0.1) is 11.8 Å². The van der Waals surface area contributed by atoms with E-state index in [-0.39, 0.29) is 40.5 Å². The van der Waals surface area contributed by atoms with Crippen molar-refractivity contribution in [1.82, 2.24) is 10.9 Å². The standard InChI is InChI=1S/C30H26ClN3O6/c31-22-12-9-19(10-13-22)27(36)33-32-26(35)17-40-30(39)21-7-4-8-23(15-21)34-28(37)24-14-11-20(16-25(24)29(34)38)18-5-2-1-3-6-18/h1-10,12-13,15,20,24-25H,11,14,16-17H2,(H,32,35)(H,33,36)/t20-,24-,25+/m1/s1. The summed E-state index contributed by atoms with van der Waals surface area (Å²) < 4.78 is 5.06. The summed E-state index contributed by atoms with van der Waals surface area (Å²) in [5.74, 6) is -3.25. The largest absolute Gasteiger partial charge is 0.452 e. The van der Waals surface area contributed by atoms with Crippen molar-refractivity contribution in [2.24, 2.45) is 11.8 Å². The van der Waals surface area contributed by atoms with Crippen molar-refractivity contribution in [3.8, 4) is 0 Å². The van der Waals surface area contributed by atoms with Crippen LogP contribution in [0.15, 0.2) is 78.9 Å². The number of rotatable bonds is 6. The summed E-state index contributed by atoms with van der Waals surface area (Å²) in [6, 6.07) is 22.1. The van der Waals surface area contributed by atoms with Gasteiger partial charge in [0.25, 0.3) is 11.8 Å². The molecule has 9 nitrogen and oxygen atoms in total.